The van der Waals surface area contributed by atoms with Crippen molar-refractivity contribution in [1.29, 1.82) is 0 Å². The van der Waals surface area contributed by atoms with Crippen LogP contribution in [-0.4, -0.2) is 43.1 Å². The normalized spacial score (nSPS) is 14.5. The van der Waals surface area contributed by atoms with E-state index < -0.39 is 5.41 Å². The number of anilines is 7. The first-order valence-electron chi connectivity index (χ1n) is 14.1. The van der Waals surface area contributed by atoms with Crippen LogP contribution in [0.25, 0.3) is 0 Å². The second kappa shape index (κ2) is 11.2. The lowest BCUT2D eigenvalue weighted by molar-refractivity contribution is -0.120. The van der Waals surface area contributed by atoms with Gasteiger partial charge >= 0.3 is 0 Å². The minimum atomic E-state index is -0.860. The molecule has 0 radical (unpaired) electrons. The summed E-state index contributed by atoms with van der Waals surface area (Å²) >= 11 is 0. The standard InChI is InChI=1S/C33H34N6O3/c1-21-18-25(12-13-34-21)35-24-7-10-27-29(20-24)37-28-11-4-22(19-30(28)38-31(27)40)33(2,3)32(41)36-23-5-8-26(9-6-23)39-14-16-42-17-15-39/h4-13,18-20,37H,14-17H2,1-3H3,(H,34,35)(H,36,41)(H,38,40). The fourth-order valence-electron chi connectivity index (χ4n) is 5.19. The molecule has 0 spiro atoms. The molecule has 9 nitrogen and oxygen atoms in total. The van der Waals surface area contributed by atoms with Crippen LogP contribution in [0.3, 0.4) is 0 Å². The Morgan fingerprint density at radius 1 is 0.857 bits per heavy atom. The van der Waals surface area contributed by atoms with Crippen LogP contribution < -0.4 is 26.2 Å². The largest absolute Gasteiger partial charge is 0.378 e. The highest BCUT2D eigenvalue weighted by Gasteiger charge is 2.31. The minimum Gasteiger partial charge on any atom is -0.378 e. The van der Waals surface area contributed by atoms with Crippen molar-refractivity contribution in [3.05, 3.63) is 95.8 Å². The zero-order valence-electron chi connectivity index (χ0n) is 24.0. The first-order valence-corrected chi connectivity index (χ1v) is 14.1. The van der Waals surface area contributed by atoms with E-state index in [2.05, 4.69) is 31.2 Å². The zero-order valence-corrected chi connectivity index (χ0v) is 24.0. The van der Waals surface area contributed by atoms with Gasteiger partial charge in [0.15, 0.2) is 0 Å². The third-order valence-electron chi connectivity index (χ3n) is 7.78. The highest BCUT2D eigenvalue weighted by Crippen LogP contribution is 2.37. The van der Waals surface area contributed by atoms with Crippen LogP contribution in [0.15, 0.2) is 79.0 Å². The third-order valence-corrected chi connectivity index (χ3v) is 7.78. The monoisotopic (exact) mass is 562 g/mol. The molecule has 2 aliphatic rings. The van der Waals surface area contributed by atoms with Crippen LogP contribution in [0.4, 0.5) is 39.8 Å². The number of hydrogen-bond acceptors (Lipinski definition) is 7. The molecular weight excluding hydrogens is 528 g/mol. The molecule has 0 saturated carbocycles. The molecule has 3 heterocycles. The van der Waals surface area contributed by atoms with Crippen molar-refractivity contribution in [2.24, 2.45) is 0 Å². The number of ether oxygens (including phenoxy) is 1. The lowest BCUT2D eigenvalue weighted by Gasteiger charge is -2.29. The molecule has 0 atom stereocenters. The SMILES string of the molecule is Cc1cc(Nc2ccc3c(c2)Nc2ccc(C(C)(C)C(=O)Nc4ccc(N5CCOCC5)cc4)cc2NC3=O)ccn1. The van der Waals surface area contributed by atoms with Gasteiger partial charge < -0.3 is 30.9 Å². The molecule has 2 aliphatic heterocycles. The molecule has 1 saturated heterocycles. The number of aryl methyl sites for hydroxylation is 1. The summed E-state index contributed by atoms with van der Waals surface area (Å²) in [5, 5.41) is 12.9. The number of aromatic nitrogens is 1. The Morgan fingerprint density at radius 3 is 2.36 bits per heavy atom. The van der Waals surface area contributed by atoms with Crippen molar-refractivity contribution in [2.45, 2.75) is 26.2 Å². The predicted octanol–water partition coefficient (Wildman–Crippen LogP) is 6.20. The zero-order chi connectivity index (χ0) is 29.3. The number of nitrogens with zero attached hydrogens (tertiary/aromatic N) is 2. The van der Waals surface area contributed by atoms with E-state index in [0.29, 0.717) is 16.9 Å². The first kappa shape index (κ1) is 27.3. The van der Waals surface area contributed by atoms with Gasteiger partial charge in [0.2, 0.25) is 5.91 Å². The quantitative estimate of drug-likeness (QED) is 0.222. The number of nitrogens with one attached hydrogen (secondary N) is 4. The van der Waals surface area contributed by atoms with Gasteiger partial charge in [-0.25, -0.2) is 0 Å². The van der Waals surface area contributed by atoms with Crippen molar-refractivity contribution >= 4 is 51.6 Å². The number of amides is 2. The number of hydrogen-bond donors (Lipinski definition) is 4. The minimum absolute atomic E-state index is 0.139. The summed E-state index contributed by atoms with van der Waals surface area (Å²) < 4.78 is 5.44. The van der Waals surface area contributed by atoms with Gasteiger partial charge in [0.05, 0.1) is 41.3 Å². The molecule has 4 aromatic rings. The van der Waals surface area contributed by atoms with Crippen LogP contribution in [0, 0.1) is 6.92 Å². The topological polar surface area (TPSA) is 108 Å². The summed E-state index contributed by atoms with van der Waals surface area (Å²) in [6, 6.07) is 23.0. The van der Waals surface area contributed by atoms with E-state index in [-0.39, 0.29) is 11.8 Å². The predicted molar refractivity (Wildman–Crippen MR) is 168 cm³/mol. The van der Waals surface area contributed by atoms with Crippen molar-refractivity contribution in [1.82, 2.24) is 4.98 Å². The van der Waals surface area contributed by atoms with Crippen molar-refractivity contribution in [2.75, 3.05) is 52.5 Å². The number of pyridine rings is 1. The molecule has 0 bridgehead atoms. The van der Waals surface area contributed by atoms with Crippen LogP contribution in [0.5, 0.6) is 0 Å². The van der Waals surface area contributed by atoms with E-state index in [1.807, 2.05) is 87.5 Å². The lowest BCUT2D eigenvalue weighted by atomic mass is 9.83. The maximum atomic E-state index is 13.5. The average Bonchev–Trinajstić information content (AvgIpc) is 3.12. The fourth-order valence-corrected chi connectivity index (χ4v) is 5.19. The van der Waals surface area contributed by atoms with E-state index in [1.54, 1.807) is 12.3 Å². The summed E-state index contributed by atoms with van der Waals surface area (Å²) in [6.07, 6.45) is 1.75. The van der Waals surface area contributed by atoms with Gasteiger partial charge in [0, 0.05) is 47.7 Å². The van der Waals surface area contributed by atoms with Gasteiger partial charge in [-0.15, -0.1) is 0 Å². The summed E-state index contributed by atoms with van der Waals surface area (Å²) in [5.41, 5.74) is 7.02. The molecule has 3 aromatic carbocycles. The molecule has 0 unspecified atom stereocenters. The average molecular weight is 563 g/mol. The number of fused-ring (bicyclic) bond motifs is 2. The van der Waals surface area contributed by atoms with E-state index in [1.165, 1.54) is 0 Å². The van der Waals surface area contributed by atoms with Gasteiger partial charge in [-0.05, 0) is 93.1 Å². The van der Waals surface area contributed by atoms with E-state index in [4.69, 9.17) is 4.74 Å². The number of rotatable bonds is 6. The highest BCUT2D eigenvalue weighted by molar-refractivity contribution is 6.12. The smallest absolute Gasteiger partial charge is 0.257 e. The van der Waals surface area contributed by atoms with Crippen LogP contribution in [-0.2, 0) is 14.9 Å². The second-order valence-corrected chi connectivity index (χ2v) is 11.1. The number of morpholine rings is 1. The highest BCUT2D eigenvalue weighted by atomic mass is 16.5. The number of benzene rings is 3. The summed E-state index contributed by atoms with van der Waals surface area (Å²) in [7, 11) is 0. The maximum Gasteiger partial charge on any atom is 0.257 e. The van der Waals surface area contributed by atoms with Gasteiger partial charge in [-0.1, -0.05) is 6.07 Å². The Hall–Kier alpha value is -4.89. The Labute approximate surface area is 245 Å². The molecule has 1 fully saturated rings. The lowest BCUT2D eigenvalue weighted by Crippen LogP contribution is -2.36. The molecule has 214 valence electrons. The van der Waals surface area contributed by atoms with E-state index in [9.17, 15) is 9.59 Å². The molecule has 6 rings (SSSR count). The van der Waals surface area contributed by atoms with E-state index in [0.717, 1.165) is 66.0 Å². The van der Waals surface area contributed by atoms with Gasteiger partial charge in [-0.3, -0.25) is 14.6 Å². The Kier molecular flexibility index (Phi) is 7.26. The van der Waals surface area contributed by atoms with Gasteiger partial charge in [0.1, 0.15) is 0 Å². The summed E-state index contributed by atoms with van der Waals surface area (Å²) in [5.74, 6) is -0.359. The Bertz CT molecular complexity index is 1640. The van der Waals surface area contributed by atoms with Crippen LogP contribution >= 0.6 is 0 Å². The van der Waals surface area contributed by atoms with Crippen molar-refractivity contribution in [3.8, 4) is 0 Å². The summed E-state index contributed by atoms with van der Waals surface area (Å²) in [4.78, 5) is 33.2. The fraction of sp³-hybridized carbons (Fsp3) is 0.242. The van der Waals surface area contributed by atoms with Gasteiger partial charge in [-0.2, -0.15) is 0 Å². The van der Waals surface area contributed by atoms with Gasteiger partial charge in [0.25, 0.3) is 5.91 Å². The van der Waals surface area contributed by atoms with Crippen molar-refractivity contribution < 1.29 is 14.3 Å². The molecule has 42 heavy (non-hydrogen) atoms. The number of carbonyl (C=O) groups excluding carboxylic acids is 2. The molecular formula is C33H34N6O3. The van der Waals surface area contributed by atoms with Crippen LogP contribution in [0.1, 0.15) is 35.5 Å². The van der Waals surface area contributed by atoms with E-state index >= 15 is 0 Å². The second-order valence-electron chi connectivity index (χ2n) is 11.1. The Morgan fingerprint density at radius 2 is 1.60 bits per heavy atom. The molecule has 0 aliphatic carbocycles. The first-order chi connectivity index (χ1) is 20.3. The molecule has 2 amide bonds. The number of carbonyl (C=O) groups is 2. The molecule has 4 N–H and O–H groups in total. The Balaban J connectivity index is 1.18. The molecule has 1 aromatic heterocycles. The molecule has 9 heteroatoms. The summed E-state index contributed by atoms with van der Waals surface area (Å²) in [6.45, 7) is 8.86. The van der Waals surface area contributed by atoms with Crippen molar-refractivity contribution in [3.63, 3.8) is 0 Å². The maximum absolute atomic E-state index is 13.5. The third kappa shape index (κ3) is 5.64. The van der Waals surface area contributed by atoms with Crippen LogP contribution in [0.2, 0.25) is 0 Å².